The van der Waals surface area contributed by atoms with Crippen molar-refractivity contribution in [3.8, 4) is 107 Å². The van der Waals surface area contributed by atoms with E-state index in [2.05, 4.69) is 201 Å². The molecule has 19 heteroatoms. The molecule has 0 spiro atoms. The fraction of sp³-hybridized carbons (Fsp3) is 0.212. The van der Waals surface area contributed by atoms with Crippen LogP contribution < -0.4 is 28.7 Å². The number of benzene rings is 9. The zero-order valence-electron chi connectivity index (χ0n) is 56.5. The third-order valence-corrected chi connectivity index (χ3v) is 20.4. The number of thiazole rings is 1. The number of aromatic nitrogens is 5. The van der Waals surface area contributed by atoms with Crippen LogP contribution in [0, 0.1) is 0 Å². The second-order valence-corrected chi connectivity index (χ2v) is 27.8. The first-order valence-electron chi connectivity index (χ1n) is 32.5. The van der Waals surface area contributed by atoms with E-state index in [4.69, 9.17) is 33.9 Å². The van der Waals surface area contributed by atoms with E-state index in [0.717, 1.165) is 152 Å². The van der Waals surface area contributed by atoms with Crippen LogP contribution in [0.2, 0.25) is 0 Å². The topological polar surface area (TPSA) is 163 Å². The third-order valence-electron chi connectivity index (χ3n) is 16.8. The number of phenols is 3. The van der Waals surface area contributed by atoms with Gasteiger partial charge in [0, 0.05) is 79.1 Å². The summed E-state index contributed by atoms with van der Waals surface area (Å²) >= 11 is 15.4. The summed E-state index contributed by atoms with van der Waals surface area (Å²) in [5, 5.41) is 31.4. The Balaban J connectivity index is 0.000000161. The molecule has 3 heterocycles. The molecule has 4 N–H and O–H groups in total. The molecule has 3 aromatic heterocycles. The second kappa shape index (κ2) is 34.8. The molecule has 0 unspecified atom stereocenters. The van der Waals surface area contributed by atoms with Crippen LogP contribution in [0.15, 0.2) is 218 Å². The lowest BCUT2D eigenvalue weighted by atomic mass is 10.0. The Kier molecular flexibility index (Phi) is 25.6. The van der Waals surface area contributed by atoms with Crippen molar-refractivity contribution < 1.29 is 34.3 Å². The predicted octanol–water partition coefficient (Wildman–Crippen LogP) is 20.7. The van der Waals surface area contributed by atoms with Gasteiger partial charge in [0.05, 0.1) is 73.5 Å². The fourth-order valence-corrected chi connectivity index (χ4v) is 14.9. The summed E-state index contributed by atoms with van der Waals surface area (Å²) < 4.78 is 26.5. The van der Waals surface area contributed by atoms with Gasteiger partial charge in [-0.15, -0.1) is 11.3 Å². The molecule has 0 aliphatic carbocycles. The Bertz CT molecular complexity index is 4540. The van der Waals surface area contributed by atoms with Crippen LogP contribution >= 0.6 is 75.1 Å². The van der Waals surface area contributed by atoms with Gasteiger partial charge in [-0.1, -0.05) is 103 Å². The lowest BCUT2D eigenvalue weighted by Crippen LogP contribution is -2.21. The van der Waals surface area contributed by atoms with Gasteiger partial charge in [0.2, 0.25) is 5.75 Å². The minimum Gasteiger partial charge on any atom is -0.506 e. The Morgan fingerprint density at radius 1 is 0.485 bits per heavy atom. The number of nitrogens with one attached hydrogen (secondary N) is 1. The van der Waals surface area contributed by atoms with Crippen molar-refractivity contribution >= 4 is 86.4 Å². The zero-order valence-corrected chi connectivity index (χ0v) is 63.7. The number of aromatic hydroxyl groups is 3. The molecule has 0 bridgehead atoms. The van der Waals surface area contributed by atoms with Crippen LogP contribution in [-0.4, -0.2) is 94.9 Å². The number of nitrogens with zero attached hydrogens (tertiary/aromatic N) is 6. The molecule has 0 fully saturated rings. The van der Waals surface area contributed by atoms with Gasteiger partial charge in [0.15, 0.2) is 11.5 Å². The van der Waals surface area contributed by atoms with E-state index >= 15 is 0 Å². The van der Waals surface area contributed by atoms with E-state index in [1.54, 1.807) is 30.6 Å². The number of aromatic amines is 1. The monoisotopic (exact) mass is 1600 g/mol. The normalized spacial score (nSPS) is 10.9. The van der Waals surface area contributed by atoms with E-state index in [-0.39, 0.29) is 17.2 Å². The number of halogens is 4. The quantitative estimate of drug-likeness (QED) is 0.0424. The smallest absolute Gasteiger partial charge is 0.200 e. The summed E-state index contributed by atoms with van der Waals surface area (Å²) in [4.78, 5) is 24.1. The van der Waals surface area contributed by atoms with Gasteiger partial charge in [-0.05, 0) is 230 Å². The molecule has 0 aliphatic heterocycles. The van der Waals surface area contributed by atoms with Crippen molar-refractivity contribution in [2.45, 2.75) is 52.4 Å². The van der Waals surface area contributed by atoms with E-state index in [9.17, 15) is 15.3 Å². The fourth-order valence-electron chi connectivity index (χ4n) is 11.4. The third kappa shape index (κ3) is 18.3. The van der Waals surface area contributed by atoms with Crippen molar-refractivity contribution in [1.29, 1.82) is 0 Å². The lowest BCUT2D eigenvalue weighted by molar-refractivity contribution is 0.310. The van der Waals surface area contributed by atoms with Crippen LogP contribution in [-0.2, 0) is 39.2 Å². The molecule has 0 saturated carbocycles. The maximum Gasteiger partial charge on any atom is 0.200 e. The SMILES string of the molecule is CCN(CC)c1ccc(-c2nc(-c3cc(Br)c(O)c(Br)c3)[nH]c2CCc2ccccc2)cc1.CN(C)c1ccc(-c2c(CCc3ccccc3)nc(-c3cc(Br)c(O)c(Br)c3)n2C)cc1.COc1ccc(-c2sc(-c3cc(OC)c(O)c(OC)c3)nc2CCCOc2ccccc2)cc1. The summed E-state index contributed by atoms with van der Waals surface area (Å²) in [5.74, 6) is 4.33. The maximum absolute atomic E-state index is 10.3. The minimum absolute atomic E-state index is 0.0287. The molecule has 0 atom stereocenters. The predicted molar refractivity (Wildman–Crippen MR) is 418 cm³/mol. The van der Waals surface area contributed by atoms with Crippen molar-refractivity contribution in [1.82, 2.24) is 24.5 Å². The standard InChI is InChI=1S/C27H27Br2N3O.C27H27NO5S.C26H25Br2N3O/c1-3-32(4-2)21-13-11-19(12-14-21)25-24(15-10-18-8-6-5-7-9-18)30-27(31-25)20-16-22(28)26(33)23(29)17-20;1-30-20-13-11-18(12-14-20)26-22(10-7-15-33-21-8-5-4-6-9-21)28-27(34-26)19-16-23(31-2)25(29)24(17-19)32-3;1-30(2)20-12-10-18(11-13-20)24-23(14-9-17-7-5-4-6-8-17)29-26(31(24)3)19-15-21(27)25(32)22(28)16-19/h5-9,11-14,16-17,33H,3-4,10,15H2,1-2H3,(H,30,31);4-6,8-9,11-14,16-17,29H,7,10,15H2,1-3H3;4-8,10-13,15-16,32H,9,14H2,1-3H3. The van der Waals surface area contributed by atoms with Gasteiger partial charge in [0.1, 0.15) is 39.7 Å². The highest BCUT2D eigenvalue weighted by molar-refractivity contribution is 9.11. The lowest BCUT2D eigenvalue weighted by Gasteiger charge is -2.21. The average Bonchev–Trinajstić information content (AvgIpc) is 1.66. The van der Waals surface area contributed by atoms with Crippen LogP contribution in [0.25, 0.3) is 66.3 Å². The first-order valence-corrected chi connectivity index (χ1v) is 36.5. The van der Waals surface area contributed by atoms with Crippen LogP contribution in [0.5, 0.6) is 40.2 Å². The minimum atomic E-state index is -0.0287. The van der Waals surface area contributed by atoms with E-state index < -0.39 is 0 Å². The number of aryl methyl sites for hydroxylation is 5. The summed E-state index contributed by atoms with van der Waals surface area (Å²) in [7, 11) is 10.8. The number of anilines is 2. The molecule has 0 aliphatic rings. The average molecular weight is 1600 g/mol. The number of ether oxygens (including phenoxy) is 4. The van der Waals surface area contributed by atoms with Gasteiger partial charge in [0.25, 0.3) is 0 Å². The van der Waals surface area contributed by atoms with Crippen LogP contribution in [0.3, 0.4) is 0 Å². The molecule has 12 rings (SSSR count). The van der Waals surface area contributed by atoms with Crippen molar-refractivity contribution in [2.24, 2.45) is 7.05 Å². The number of hydrogen-bond donors (Lipinski definition) is 4. The van der Waals surface area contributed by atoms with Crippen molar-refractivity contribution in [2.75, 3.05) is 64.9 Å². The van der Waals surface area contributed by atoms with E-state index in [1.165, 1.54) is 31.0 Å². The van der Waals surface area contributed by atoms with Gasteiger partial charge in [-0.3, -0.25) is 0 Å². The van der Waals surface area contributed by atoms with Crippen LogP contribution in [0.4, 0.5) is 11.4 Å². The van der Waals surface area contributed by atoms with Gasteiger partial charge in [-0.2, -0.15) is 0 Å². The highest BCUT2D eigenvalue weighted by Crippen LogP contribution is 2.45. The van der Waals surface area contributed by atoms with E-state index in [0.29, 0.717) is 36.0 Å². The molecular weight excluding hydrogens is 1520 g/mol. The van der Waals surface area contributed by atoms with Crippen molar-refractivity contribution in [3.05, 3.63) is 246 Å². The number of para-hydroxylation sites is 1. The first kappa shape index (κ1) is 72.9. The molecular formula is C80H79Br4N7O7S. The highest BCUT2D eigenvalue weighted by Gasteiger charge is 2.23. The summed E-state index contributed by atoms with van der Waals surface area (Å²) in [5.41, 5.74) is 16.2. The number of phenolic OH excluding ortho intramolecular Hbond substituents is 3. The molecule has 0 amide bonds. The van der Waals surface area contributed by atoms with Gasteiger partial charge >= 0.3 is 0 Å². The molecule has 0 radical (unpaired) electrons. The van der Waals surface area contributed by atoms with Gasteiger partial charge < -0.3 is 53.6 Å². The molecule has 0 saturated heterocycles. The molecule has 510 valence electrons. The molecule has 12 aromatic rings. The van der Waals surface area contributed by atoms with Crippen LogP contribution in [0.1, 0.15) is 48.5 Å². The van der Waals surface area contributed by atoms with Crippen molar-refractivity contribution in [3.63, 3.8) is 0 Å². The zero-order chi connectivity index (χ0) is 70.1. The Hall–Kier alpha value is -8.85. The highest BCUT2D eigenvalue weighted by atomic mass is 79.9. The largest absolute Gasteiger partial charge is 0.506 e. The maximum atomic E-state index is 10.3. The molecule has 99 heavy (non-hydrogen) atoms. The second-order valence-electron chi connectivity index (χ2n) is 23.4. The number of methoxy groups -OCH3 is 3. The number of H-pyrrole nitrogens is 1. The molecule has 14 nitrogen and oxygen atoms in total. The number of rotatable bonds is 24. The van der Waals surface area contributed by atoms with E-state index in [1.807, 2.05) is 105 Å². The Morgan fingerprint density at radius 3 is 1.54 bits per heavy atom. The summed E-state index contributed by atoms with van der Waals surface area (Å²) in [6.07, 6.45) is 5.12. The molecule has 9 aromatic carbocycles. The summed E-state index contributed by atoms with van der Waals surface area (Å²) in [6, 6.07) is 67.2. The number of imidazole rings is 2. The number of hydrogen-bond acceptors (Lipinski definition) is 13. The summed E-state index contributed by atoms with van der Waals surface area (Å²) in [6.45, 7) is 6.91. The Labute approximate surface area is 617 Å². The first-order chi connectivity index (χ1) is 48.0. The Morgan fingerprint density at radius 2 is 1.00 bits per heavy atom. The van der Waals surface area contributed by atoms with Gasteiger partial charge in [-0.25, -0.2) is 15.0 Å².